The van der Waals surface area contributed by atoms with Gasteiger partial charge in [-0.05, 0) is 24.5 Å². The summed E-state index contributed by atoms with van der Waals surface area (Å²) >= 11 is 0. The molecule has 0 atom stereocenters. The molecule has 2 N–H and O–H groups in total. The lowest BCUT2D eigenvalue weighted by molar-refractivity contribution is 0.716. The summed E-state index contributed by atoms with van der Waals surface area (Å²) in [6.07, 6.45) is 2.38. The lowest BCUT2D eigenvalue weighted by Gasteiger charge is -2.08. The van der Waals surface area contributed by atoms with Gasteiger partial charge in [-0.2, -0.15) is 10.1 Å². The summed E-state index contributed by atoms with van der Waals surface area (Å²) in [5.74, 6) is 0.399. The van der Waals surface area contributed by atoms with Gasteiger partial charge in [-0.3, -0.25) is 14.3 Å². The molecule has 0 bridgehead atoms. The van der Waals surface area contributed by atoms with Gasteiger partial charge < -0.3 is 4.57 Å². The first-order valence-corrected chi connectivity index (χ1v) is 9.62. The molecule has 0 aliphatic heterocycles. The summed E-state index contributed by atoms with van der Waals surface area (Å²) in [5.41, 5.74) is 5.84. The van der Waals surface area contributed by atoms with Crippen molar-refractivity contribution in [1.82, 2.24) is 19.1 Å². The van der Waals surface area contributed by atoms with Crippen molar-refractivity contribution in [3.63, 3.8) is 0 Å². The first kappa shape index (κ1) is 19.4. The SMILES string of the molecule is Cc1ccc(C=NNc2nc3c(c(=O)[nH]c(=O)n3C)n2CCc2ccccc2)cc1. The van der Waals surface area contributed by atoms with Gasteiger partial charge in [0, 0.05) is 13.6 Å². The number of nitrogens with zero attached hydrogens (tertiary/aromatic N) is 4. The van der Waals surface area contributed by atoms with Gasteiger partial charge in [0.05, 0.1) is 6.21 Å². The molecule has 0 amide bonds. The highest BCUT2D eigenvalue weighted by atomic mass is 16.2. The van der Waals surface area contributed by atoms with E-state index in [0.717, 1.165) is 11.1 Å². The van der Waals surface area contributed by atoms with Crippen molar-refractivity contribution in [1.29, 1.82) is 0 Å². The zero-order valence-electron chi connectivity index (χ0n) is 16.8. The zero-order chi connectivity index (χ0) is 21.1. The third kappa shape index (κ3) is 3.93. The number of aryl methyl sites for hydroxylation is 4. The molecule has 0 saturated carbocycles. The molecule has 0 radical (unpaired) electrons. The van der Waals surface area contributed by atoms with Crippen LogP contribution in [0.2, 0.25) is 0 Å². The van der Waals surface area contributed by atoms with Gasteiger partial charge in [0.15, 0.2) is 11.2 Å². The van der Waals surface area contributed by atoms with Crippen LogP contribution in [-0.2, 0) is 20.0 Å². The number of fused-ring (bicyclic) bond motifs is 1. The first-order valence-electron chi connectivity index (χ1n) is 9.62. The van der Waals surface area contributed by atoms with Crippen molar-refractivity contribution in [3.8, 4) is 0 Å². The van der Waals surface area contributed by atoms with E-state index < -0.39 is 11.2 Å². The molecule has 4 rings (SSSR count). The van der Waals surface area contributed by atoms with Gasteiger partial charge in [0.1, 0.15) is 0 Å². The molecule has 0 fully saturated rings. The standard InChI is InChI=1S/C22H22N6O2/c1-15-8-10-17(11-9-15)14-23-26-21-24-19-18(20(29)25-22(30)27(19)2)28(21)13-12-16-6-4-3-5-7-16/h3-11,14H,12-13H2,1-2H3,(H,24,26)(H,25,29,30). The molecule has 0 unspecified atom stereocenters. The second kappa shape index (κ2) is 8.20. The third-order valence-electron chi connectivity index (χ3n) is 4.93. The van der Waals surface area contributed by atoms with E-state index in [1.807, 2.05) is 61.5 Å². The number of rotatable bonds is 6. The van der Waals surface area contributed by atoms with E-state index in [2.05, 4.69) is 20.5 Å². The van der Waals surface area contributed by atoms with Gasteiger partial charge in [-0.25, -0.2) is 10.2 Å². The van der Waals surface area contributed by atoms with Crippen molar-refractivity contribution in [2.24, 2.45) is 12.1 Å². The van der Waals surface area contributed by atoms with E-state index in [1.165, 1.54) is 10.1 Å². The van der Waals surface area contributed by atoms with Crippen LogP contribution in [0.3, 0.4) is 0 Å². The van der Waals surface area contributed by atoms with Crippen LogP contribution in [0.25, 0.3) is 11.2 Å². The summed E-state index contributed by atoms with van der Waals surface area (Å²) in [5, 5.41) is 4.28. The minimum absolute atomic E-state index is 0.310. The normalized spacial score (nSPS) is 11.4. The maximum absolute atomic E-state index is 12.5. The molecule has 0 saturated heterocycles. The molecule has 8 heteroatoms. The van der Waals surface area contributed by atoms with Crippen molar-refractivity contribution in [2.45, 2.75) is 19.9 Å². The van der Waals surface area contributed by atoms with E-state index in [-0.39, 0.29) is 0 Å². The Balaban J connectivity index is 1.70. The van der Waals surface area contributed by atoms with E-state index >= 15 is 0 Å². The van der Waals surface area contributed by atoms with E-state index in [0.29, 0.717) is 30.1 Å². The van der Waals surface area contributed by atoms with Crippen molar-refractivity contribution < 1.29 is 0 Å². The van der Waals surface area contributed by atoms with Crippen molar-refractivity contribution in [3.05, 3.63) is 92.1 Å². The molecular formula is C22H22N6O2. The number of benzene rings is 2. The van der Waals surface area contributed by atoms with E-state index in [4.69, 9.17) is 0 Å². The fourth-order valence-electron chi connectivity index (χ4n) is 3.24. The third-order valence-corrected chi connectivity index (χ3v) is 4.93. The van der Waals surface area contributed by atoms with Gasteiger partial charge in [-0.1, -0.05) is 60.2 Å². The maximum atomic E-state index is 12.5. The van der Waals surface area contributed by atoms with Crippen LogP contribution in [0.5, 0.6) is 0 Å². The molecule has 2 aromatic heterocycles. The molecule has 8 nitrogen and oxygen atoms in total. The van der Waals surface area contributed by atoms with Gasteiger partial charge >= 0.3 is 5.69 Å². The second-order valence-electron chi connectivity index (χ2n) is 7.09. The Morgan fingerprint density at radius 1 is 1.10 bits per heavy atom. The summed E-state index contributed by atoms with van der Waals surface area (Å²) in [7, 11) is 1.58. The second-order valence-corrected chi connectivity index (χ2v) is 7.09. The Morgan fingerprint density at radius 2 is 1.83 bits per heavy atom. The van der Waals surface area contributed by atoms with Gasteiger partial charge in [0.25, 0.3) is 5.56 Å². The largest absolute Gasteiger partial charge is 0.329 e. The Morgan fingerprint density at radius 3 is 2.57 bits per heavy atom. The van der Waals surface area contributed by atoms with Crippen LogP contribution in [0.4, 0.5) is 5.95 Å². The molecule has 30 heavy (non-hydrogen) atoms. The van der Waals surface area contributed by atoms with Gasteiger partial charge in [-0.15, -0.1) is 0 Å². The van der Waals surface area contributed by atoms with Crippen LogP contribution in [0, 0.1) is 6.92 Å². The molecule has 0 aliphatic rings. The topological polar surface area (TPSA) is 97.1 Å². The minimum Gasteiger partial charge on any atom is -0.303 e. The average molecular weight is 402 g/mol. The molecule has 4 aromatic rings. The lowest BCUT2D eigenvalue weighted by atomic mass is 10.1. The highest BCUT2D eigenvalue weighted by Crippen LogP contribution is 2.16. The highest BCUT2D eigenvalue weighted by molar-refractivity contribution is 5.80. The fourth-order valence-corrected chi connectivity index (χ4v) is 3.24. The number of hydrogen-bond acceptors (Lipinski definition) is 5. The predicted octanol–water partition coefficient (Wildman–Crippen LogP) is 2.42. The Kier molecular flexibility index (Phi) is 5.30. The number of hydrazone groups is 1. The summed E-state index contributed by atoms with van der Waals surface area (Å²) in [6, 6.07) is 17.9. The Hall–Kier alpha value is -3.94. The van der Waals surface area contributed by atoms with Gasteiger partial charge in [0.2, 0.25) is 5.95 Å². The van der Waals surface area contributed by atoms with Crippen molar-refractivity contribution in [2.75, 3.05) is 5.43 Å². The summed E-state index contributed by atoms with van der Waals surface area (Å²) in [4.78, 5) is 31.3. The van der Waals surface area contributed by atoms with Crippen LogP contribution < -0.4 is 16.7 Å². The molecule has 152 valence electrons. The quantitative estimate of drug-likeness (QED) is 0.382. The molecular weight excluding hydrogens is 380 g/mol. The Bertz CT molecular complexity index is 1310. The number of aromatic amines is 1. The van der Waals surface area contributed by atoms with Crippen LogP contribution in [0.1, 0.15) is 16.7 Å². The fraction of sp³-hybridized carbons (Fsp3) is 0.182. The number of H-pyrrole nitrogens is 1. The summed E-state index contributed by atoms with van der Waals surface area (Å²) in [6.45, 7) is 2.53. The lowest BCUT2D eigenvalue weighted by Crippen LogP contribution is -2.29. The average Bonchev–Trinajstić information content (AvgIpc) is 3.12. The van der Waals surface area contributed by atoms with Crippen LogP contribution >= 0.6 is 0 Å². The molecule has 0 spiro atoms. The van der Waals surface area contributed by atoms with E-state index in [1.54, 1.807) is 17.8 Å². The Labute approximate surface area is 172 Å². The minimum atomic E-state index is -0.505. The monoisotopic (exact) mass is 402 g/mol. The number of nitrogens with one attached hydrogen (secondary N) is 2. The first-order chi connectivity index (χ1) is 14.5. The van der Waals surface area contributed by atoms with E-state index in [9.17, 15) is 9.59 Å². The number of anilines is 1. The number of imidazole rings is 1. The van der Waals surface area contributed by atoms with Crippen LogP contribution in [-0.4, -0.2) is 25.3 Å². The maximum Gasteiger partial charge on any atom is 0.329 e. The highest BCUT2D eigenvalue weighted by Gasteiger charge is 2.17. The molecule has 2 heterocycles. The van der Waals surface area contributed by atoms with Crippen molar-refractivity contribution >= 4 is 23.3 Å². The number of hydrogen-bond donors (Lipinski definition) is 2. The zero-order valence-corrected chi connectivity index (χ0v) is 16.8. The number of aromatic nitrogens is 4. The summed E-state index contributed by atoms with van der Waals surface area (Å²) < 4.78 is 3.08. The smallest absolute Gasteiger partial charge is 0.303 e. The molecule has 2 aromatic carbocycles. The molecule has 0 aliphatic carbocycles. The van der Waals surface area contributed by atoms with Crippen LogP contribution in [0.15, 0.2) is 69.3 Å². The predicted molar refractivity (Wildman–Crippen MR) is 118 cm³/mol.